The Morgan fingerprint density at radius 1 is 1.25 bits per heavy atom. The topological polar surface area (TPSA) is 29.1 Å². The van der Waals surface area contributed by atoms with E-state index in [-0.39, 0.29) is 11.3 Å². The highest BCUT2D eigenvalue weighted by Crippen LogP contribution is 2.49. The first-order chi connectivity index (χ1) is 9.54. The van der Waals surface area contributed by atoms with Crippen molar-refractivity contribution in [2.75, 3.05) is 6.54 Å². The Balaban J connectivity index is 1.67. The van der Waals surface area contributed by atoms with Crippen LogP contribution in [0.1, 0.15) is 51.0 Å². The number of hydrogen-bond acceptors (Lipinski definition) is 1. The second kappa shape index (κ2) is 5.07. The van der Waals surface area contributed by atoms with Crippen LogP contribution in [0.2, 0.25) is 5.02 Å². The molecule has 2 saturated carbocycles. The van der Waals surface area contributed by atoms with Gasteiger partial charge in [-0.25, -0.2) is 0 Å². The summed E-state index contributed by atoms with van der Waals surface area (Å²) in [6.45, 7) is 3.10. The third-order valence-electron chi connectivity index (χ3n) is 5.05. The largest absolute Gasteiger partial charge is 0.355 e. The summed E-state index contributed by atoms with van der Waals surface area (Å²) < 4.78 is 0. The third-order valence-corrected chi connectivity index (χ3v) is 5.28. The quantitative estimate of drug-likeness (QED) is 0.890. The van der Waals surface area contributed by atoms with Gasteiger partial charge < -0.3 is 5.32 Å². The molecule has 3 heteroatoms. The van der Waals surface area contributed by atoms with E-state index in [1.165, 1.54) is 25.7 Å². The summed E-state index contributed by atoms with van der Waals surface area (Å²) in [4.78, 5) is 12.6. The Bertz CT molecular complexity index is 515. The summed E-state index contributed by atoms with van der Waals surface area (Å²) >= 11 is 6.05. The van der Waals surface area contributed by atoms with Crippen LogP contribution in [0, 0.1) is 5.41 Å². The van der Waals surface area contributed by atoms with E-state index in [9.17, 15) is 4.79 Å². The third kappa shape index (κ3) is 2.58. The molecule has 2 aliphatic rings. The first-order valence-electron chi connectivity index (χ1n) is 7.59. The van der Waals surface area contributed by atoms with Crippen LogP contribution in [0.4, 0.5) is 0 Å². The zero-order valence-electron chi connectivity index (χ0n) is 12.0. The van der Waals surface area contributed by atoms with Crippen LogP contribution in [0.3, 0.4) is 0 Å². The van der Waals surface area contributed by atoms with Crippen LogP contribution in [0.5, 0.6) is 0 Å². The van der Waals surface area contributed by atoms with Gasteiger partial charge in [-0.15, -0.1) is 0 Å². The van der Waals surface area contributed by atoms with Gasteiger partial charge in [0.25, 0.3) is 0 Å². The summed E-state index contributed by atoms with van der Waals surface area (Å²) in [6, 6.07) is 7.75. The molecule has 0 aliphatic heterocycles. The summed E-state index contributed by atoms with van der Waals surface area (Å²) in [5.41, 5.74) is 1.07. The fourth-order valence-corrected chi connectivity index (χ4v) is 3.62. The van der Waals surface area contributed by atoms with E-state index in [0.29, 0.717) is 10.4 Å². The van der Waals surface area contributed by atoms with Crippen molar-refractivity contribution >= 4 is 17.5 Å². The summed E-state index contributed by atoms with van der Waals surface area (Å²) in [6.07, 6.45) is 6.94. The standard InChI is InChI=1S/C17H22ClNO/c1-16(7-2-3-8-16)12-19-15(20)17(9-10-17)13-5-4-6-14(18)11-13/h4-6,11H,2-3,7-10,12H2,1H3,(H,19,20). The number of carbonyl (C=O) groups is 1. The minimum Gasteiger partial charge on any atom is -0.355 e. The molecule has 2 aliphatic carbocycles. The van der Waals surface area contributed by atoms with Crippen LogP contribution < -0.4 is 5.32 Å². The van der Waals surface area contributed by atoms with Gasteiger partial charge in [0.15, 0.2) is 0 Å². The second-order valence-electron chi connectivity index (χ2n) is 6.79. The second-order valence-corrected chi connectivity index (χ2v) is 7.23. The average molecular weight is 292 g/mol. The maximum Gasteiger partial charge on any atom is 0.230 e. The number of carbonyl (C=O) groups excluding carboxylic acids is 1. The molecule has 0 bridgehead atoms. The predicted molar refractivity (Wildman–Crippen MR) is 81.9 cm³/mol. The van der Waals surface area contributed by atoms with Gasteiger partial charge in [-0.05, 0) is 48.8 Å². The highest BCUT2D eigenvalue weighted by molar-refractivity contribution is 6.30. The Kier molecular flexibility index (Phi) is 3.53. The molecule has 1 aromatic rings. The molecular formula is C17H22ClNO. The van der Waals surface area contributed by atoms with Gasteiger partial charge >= 0.3 is 0 Å². The minimum absolute atomic E-state index is 0.188. The SMILES string of the molecule is CC1(CNC(=O)C2(c3cccc(Cl)c3)CC2)CCCC1. The van der Waals surface area contributed by atoms with Gasteiger partial charge in [0.2, 0.25) is 5.91 Å². The molecule has 0 spiro atoms. The molecule has 1 amide bonds. The number of rotatable bonds is 4. The molecular weight excluding hydrogens is 270 g/mol. The van der Waals surface area contributed by atoms with Crippen molar-refractivity contribution in [2.45, 2.75) is 50.9 Å². The van der Waals surface area contributed by atoms with Gasteiger partial charge in [0.1, 0.15) is 0 Å². The molecule has 20 heavy (non-hydrogen) atoms. The molecule has 3 rings (SSSR count). The highest BCUT2D eigenvalue weighted by atomic mass is 35.5. The zero-order valence-corrected chi connectivity index (χ0v) is 12.8. The summed E-state index contributed by atoms with van der Waals surface area (Å²) in [5.74, 6) is 0.188. The lowest BCUT2D eigenvalue weighted by Crippen LogP contribution is -2.40. The Labute approximate surface area is 125 Å². The molecule has 0 radical (unpaired) electrons. The first-order valence-corrected chi connectivity index (χ1v) is 7.96. The van der Waals surface area contributed by atoms with Crippen LogP contribution in [-0.4, -0.2) is 12.5 Å². The lowest BCUT2D eigenvalue weighted by atomic mass is 9.88. The molecule has 108 valence electrons. The van der Waals surface area contributed by atoms with E-state index in [4.69, 9.17) is 11.6 Å². The Hall–Kier alpha value is -1.02. The normalized spacial score (nSPS) is 22.5. The molecule has 0 atom stereocenters. The molecule has 0 aromatic heterocycles. The number of hydrogen-bond donors (Lipinski definition) is 1. The van der Waals surface area contributed by atoms with E-state index in [2.05, 4.69) is 12.2 Å². The van der Waals surface area contributed by atoms with Crippen molar-refractivity contribution < 1.29 is 4.79 Å². The van der Waals surface area contributed by atoms with E-state index in [1.807, 2.05) is 24.3 Å². The maximum atomic E-state index is 12.6. The molecule has 1 N–H and O–H groups in total. The van der Waals surface area contributed by atoms with Gasteiger partial charge in [-0.2, -0.15) is 0 Å². The van der Waals surface area contributed by atoms with E-state index in [0.717, 1.165) is 24.9 Å². The van der Waals surface area contributed by atoms with Crippen LogP contribution >= 0.6 is 11.6 Å². The summed E-state index contributed by atoms with van der Waals surface area (Å²) in [5, 5.41) is 3.92. The van der Waals surface area contributed by atoms with Gasteiger partial charge in [-0.3, -0.25) is 4.79 Å². The summed E-state index contributed by atoms with van der Waals surface area (Å²) in [7, 11) is 0. The van der Waals surface area contributed by atoms with Gasteiger partial charge in [-0.1, -0.05) is 43.5 Å². The molecule has 0 saturated heterocycles. The number of benzene rings is 1. The van der Waals surface area contributed by atoms with Crippen molar-refractivity contribution in [1.29, 1.82) is 0 Å². The smallest absolute Gasteiger partial charge is 0.230 e. The molecule has 2 nitrogen and oxygen atoms in total. The van der Waals surface area contributed by atoms with E-state index in [1.54, 1.807) is 0 Å². The lowest BCUT2D eigenvalue weighted by molar-refractivity contribution is -0.124. The van der Waals surface area contributed by atoms with Gasteiger partial charge in [0, 0.05) is 11.6 Å². The van der Waals surface area contributed by atoms with Crippen molar-refractivity contribution in [3.63, 3.8) is 0 Å². The van der Waals surface area contributed by atoms with Crippen molar-refractivity contribution in [1.82, 2.24) is 5.32 Å². The minimum atomic E-state index is -0.306. The van der Waals surface area contributed by atoms with E-state index >= 15 is 0 Å². The molecule has 0 unspecified atom stereocenters. The zero-order chi connectivity index (χ0) is 14.2. The molecule has 1 aromatic carbocycles. The molecule has 0 heterocycles. The Morgan fingerprint density at radius 3 is 2.55 bits per heavy atom. The number of halogens is 1. The van der Waals surface area contributed by atoms with Crippen molar-refractivity contribution in [3.8, 4) is 0 Å². The fraction of sp³-hybridized carbons (Fsp3) is 0.588. The Morgan fingerprint density at radius 2 is 1.95 bits per heavy atom. The predicted octanol–water partition coefficient (Wildman–Crippen LogP) is 4.07. The van der Waals surface area contributed by atoms with Crippen molar-refractivity contribution in [2.24, 2.45) is 5.41 Å². The van der Waals surface area contributed by atoms with Crippen LogP contribution in [-0.2, 0) is 10.2 Å². The highest BCUT2D eigenvalue weighted by Gasteiger charge is 2.51. The number of nitrogens with one attached hydrogen (secondary N) is 1. The van der Waals surface area contributed by atoms with E-state index < -0.39 is 0 Å². The first kappa shape index (κ1) is 13.9. The van der Waals surface area contributed by atoms with Crippen molar-refractivity contribution in [3.05, 3.63) is 34.9 Å². The van der Waals surface area contributed by atoms with Crippen LogP contribution in [0.25, 0.3) is 0 Å². The number of amides is 1. The monoisotopic (exact) mass is 291 g/mol. The van der Waals surface area contributed by atoms with Gasteiger partial charge in [0.05, 0.1) is 5.41 Å². The molecule has 2 fully saturated rings. The van der Waals surface area contributed by atoms with Crippen LogP contribution in [0.15, 0.2) is 24.3 Å². The maximum absolute atomic E-state index is 12.6. The lowest BCUT2D eigenvalue weighted by Gasteiger charge is -2.25. The average Bonchev–Trinajstić information content (AvgIpc) is 3.14. The fourth-order valence-electron chi connectivity index (χ4n) is 3.43.